The van der Waals surface area contributed by atoms with Gasteiger partial charge in [0.2, 0.25) is 0 Å². The largest absolute Gasteiger partial charge is 0.393 e. The highest BCUT2D eigenvalue weighted by Gasteiger charge is 2.27. The van der Waals surface area contributed by atoms with Gasteiger partial charge in [0.15, 0.2) is 0 Å². The van der Waals surface area contributed by atoms with Crippen molar-refractivity contribution in [3.63, 3.8) is 0 Å². The summed E-state index contributed by atoms with van der Waals surface area (Å²) >= 11 is 0. The molecule has 0 aromatic heterocycles. The highest BCUT2D eigenvalue weighted by Crippen LogP contribution is 2.19. The lowest BCUT2D eigenvalue weighted by molar-refractivity contribution is 0.00781. The first-order chi connectivity index (χ1) is 8.65. The van der Waals surface area contributed by atoms with Crippen molar-refractivity contribution >= 4 is 0 Å². The Kier molecular flexibility index (Phi) is 5.38. The van der Waals surface area contributed by atoms with Crippen molar-refractivity contribution in [2.24, 2.45) is 5.92 Å². The third-order valence-electron chi connectivity index (χ3n) is 4.03. The maximum atomic E-state index is 10.1. The Bertz CT molecular complexity index is 244. The zero-order valence-corrected chi connectivity index (χ0v) is 11.3. The summed E-state index contributed by atoms with van der Waals surface area (Å²) in [6, 6.07) is 0. The van der Waals surface area contributed by atoms with Crippen LogP contribution in [0.15, 0.2) is 0 Å². The first-order valence-corrected chi connectivity index (χ1v) is 7.03. The standard InChI is InChI=1S/C13H26N2O3/c1-11(16)12-2-3-15(8-12)10-13(17)9-14-4-6-18-7-5-14/h11-13,16-17H,2-10H2,1H3. The van der Waals surface area contributed by atoms with E-state index in [4.69, 9.17) is 4.74 Å². The van der Waals surface area contributed by atoms with Crippen LogP contribution in [0.2, 0.25) is 0 Å². The summed E-state index contributed by atoms with van der Waals surface area (Å²) in [6.07, 6.45) is 0.518. The molecule has 0 aromatic carbocycles. The average molecular weight is 258 g/mol. The second-order valence-electron chi connectivity index (χ2n) is 5.62. The number of rotatable bonds is 5. The quantitative estimate of drug-likeness (QED) is 0.688. The van der Waals surface area contributed by atoms with E-state index in [1.165, 1.54) is 0 Å². The fraction of sp³-hybridized carbons (Fsp3) is 1.00. The minimum absolute atomic E-state index is 0.230. The Morgan fingerprint density at radius 3 is 2.39 bits per heavy atom. The number of β-amino-alcohol motifs (C(OH)–C–C–N with tert-alkyl or cyclic N) is 1. The molecule has 2 N–H and O–H groups in total. The summed E-state index contributed by atoms with van der Waals surface area (Å²) in [6.45, 7) is 8.63. The SMILES string of the molecule is CC(O)C1CCN(CC(O)CN2CCOCC2)C1. The molecule has 0 amide bonds. The molecular formula is C13H26N2O3. The average Bonchev–Trinajstić information content (AvgIpc) is 2.78. The molecule has 18 heavy (non-hydrogen) atoms. The van der Waals surface area contributed by atoms with E-state index in [0.29, 0.717) is 5.92 Å². The van der Waals surface area contributed by atoms with Crippen LogP contribution in [0.3, 0.4) is 0 Å². The van der Waals surface area contributed by atoms with Crippen LogP contribution in [0, 0.1) is 5.92 Å². The Morgan fingerprint density at radius 2 is 1.78 bits per heavy atom. The molecule has 0 aliphatic carbocycles. The third-order valence-corrected chi connectivity index (χ3v) is 4.03. The molecule has 3 unspecified atom stereocenters. The van der Waals surface area contributed by atoms with E-state index in [0.717, 1.165) is 58.9 Å². The summed E-state index contributed by atoms with van der Waals surface area (Å²) < 4.78 is 5.29. The van der Waals surface area contributed by atoms with Crippen LogP contribution >= 0.6 is 0 Å². The first-order valence-electron chi connectivity index (χ1n) is 7.03. The molecule has 2 aliphatic rings. The molecule has 2 fully saturated rings. The smallest absolute Gasteiger partial charge is 0.0793 e. The molecule has 3 atom stereocenters. The van der Waals surface area contributed by atoms with Gasteiger partial charge in [-0.3, -0.25) is 4.90 Å². The van der Waals surface area contributed by atoms with Crippen molar-refractivity contribution < 1.29 is 14.9 Å². The molecular weight excluding hydrogens is 232 g/mol. The van der Waals surface area contributed by atoms with Crippen molar-refractivity contribution in [1.82, 2.24) is 9.80 Å². The van der Waals surface area contributed by atoms with Crippen LogP contribution in [0.1, 0.15) is 13.3 Å². The van der Waals surface area contributed by atoms with Crippen molar-refractivity contribution in [2.45, 2.75) is 25.6 Å². The van der Waals surface area contributed by atoms with E-state index < -0.39 is 0 Å². The van der Waals surface area contributed by atoms with Crippen molar-refractivity contribution in [3.05, 3.63) is 0 Å². The number of aliphatic hydroxyl groups is 2. The molecule has 106 valence electrons. The van der Waals surface area contributed by atoms with Gasteiger partial charge in [-0.1, -0.05) is 0 Å². The predicted molar refractivity (Wildman–Crippen MR) is 69.5 cm³/mol. The van der Waals surface area contributed by atoms with Gasteiger partial charge in [-0.05, 0) is 25.8 Å². The van der Waals surface area contributed by atoms with Gasteiger partial charge < -0.3 is 19.8 Å². The first kappa shape index (κ1) is 14.2. The lowest BCUT2D eigenvalue weighted by Gasteiger charge is -2.30. The van der Waals surface area contributed by atoms with Gasteiger partial charge in [-0.15, -0.1) is 0 Å². The minimum atomic E-state index is -0.296. The van der Waals surface area contributed by atoms with Gasteiger partial charge in [0.05, 0.1) is 25.4 Å². The summed E-state index contributed by atoms with van der Waals surface area (Å²) in [5.74, 6) is 0.376. The summed E-state index contributed by atoms with van der Waals surface area (Å²) in [5, 5.41) is 19.7. The second kappa shape index (κ2) is 6.82. The molecule has 2 saturated heterocycles. The van der Waals surface area contributed by atoms with E-state index >= 15 is 0 Å². The Hall–Kier alpha value is -0.200. The summed E-state index contributed by atoms with van der Waals surface area (Å²) in [5.41, 5.74) is 0. The van der Waals surface area contributed by atoms with Gasteiger partial charge in [0.25, 0.3) is 0 Å². The molecule has 0 saturated carbocycles. The number of ether oxygens (including phenoxy) is 1. The van der Waals surface area contributed by atoms with E-state index in [9.17, 15) is 10.2 Å². The van der Waals surface area contributed by atoms with Crippen LogP contribution in [0.4, 0.5) is 0 Å². The van der Waals surface area contributed by atoms with Gasteiger partial charge in [-0.2, -0.15) is 0 Å². The number of aliphatic hydroxyl groups excluding tert-OH is 2. The predicted octanol–water partition coefficient (Wildman–Crippen LogP) is -0.618. The highest BCUT2D eigenvalue weighted by molar-refractivity contribution is 4.81. The van der Waals surface area contributed by atoms with Gasteiger partial charge in [-0.25, -0.2) is 0 Å². The van der Waals surface area contributed by atoms with E-state index in [1.807, 2.05) is 6.92 Å². The monoisotopic (exact) mass is 258 g/mol. The molecule has 0 aromatic rings. The number of nitrogens with zero attached hydrogens (tertiary/aromatic N) is 2. The fourth-order valence-electron chi connectivity index (χ4n) is 2.86. The number of hydrogen-bond donors (Lipinski definition) is 2. The number of hydrogen-bond acceptors (Lipinski definition) is 5. The molecule has 2 rings (SSSR count). The molecule has 0 radical (unpaired) electrons. The lowest BCUT2D eigenvalue weighted by atomic mass is 10.0. The van der Waals surface area contributed by atoms with Gasteiger partial charge >= 0.3 is 0 Å². The van der Waals surface area contributed by atoms with E-state index in [2.05, 4.69) is 9.80 Å². The Labute approximate surface area is 109 Å². The van der Waals surface area contributed by atoms with Crippen LogP contribution in [0.5, 0.6) is 0 Å². The van der Waals surface area contributed by atoms with Gasteiger partial charge in [0, 0.05) is 32.7 Å². The normalized spacial score (nSPS) is 30.5. The maximum Gasteiger partial charge on any atom is 0.0793 e. The molecule has 5 heteroatoms. The molecule has 2 heterocycles. The topological polar surface area (TPSA) is 56.2 Å². The Morgan fingerprint density at radius 1 is 1.11 bits per heavy atom. The molecule has 2 aliphatic heterocycles. The van der Waals surface area contributed by atoms with E-state index in [1.54, 1.807) is 0 Å². The molecule has 5 nitrogen and oxygen atoms in total. The van der Waals surface area contributed by atoms with Crippen LogP contribution < -0.4 is 0 Å². The minimum Gasteiger partial charge on any atom is -0.393 e. The second-order valence-corrected chi connectivity index (χ2v) is 5.62. The lowest BCUT2D eigenvalue weighted by Crippen LogP contribution is -2.44. The third kappa shape index (κ3) is 4.17. The number of morpholine rings is 1. The zero-order valence-electron chi connectivity index (χ0n) is 11.3. The highest BCUT2D eigenvalue weighted by atomic mass is 16.5. The zero-order chi connectivity index (χ0) is 13.0. The maximum absolute atomic E-state index is 10.1. The van der Waals surface area contributed by atoms with Gasteiger partial charge in [0.1, 0.15) is 0 Å². The van der Waals surface area contributed by atoms with Crippen LogP contribution in [-0.2, 0) is 4.74 Å². The van der Waals surface area contributed by atoms with E-state index in [-0.39, 0.29) is 12.2 Å². The summed E-state index contributed by atoms with van der Waals surface area (Å²) in [7, 11) is 0. The molecule has 0 bridgehead atoms. The number of likely N-dealkylation sites (tertiary alicyclic amines) is 1. The molecule has 0 spiro atoms. The fourth-order valence-corrected chi connectivity index (χ4v) is 2.86. The van der Waals surface area contributed by atoms with Crippen LogP contribution in [-0.4, -0.2) is 84.7 Å². The summed E-state index contributed by atoms with van der Waals surface area (Å²) in [4.78, 5) is 4.53. The Balaban J connectivity index is 1.66. The van der Waals surface area contributed by atoms with Crippen molar-refractivity contribution in [1.29, 1.82) is 0 Å². The van der Waals surface area contributed by atoms with Crippen molar-refractivity contribution in [2.75, 3.05) is 52.5 Å². The van der Waals surface area contributed by atoms with Crippen LogP contribution in [0.25, 0.3) is 0 Å². The van der Waals surface area contributed by atoms with Crippen molar-refractivity contribution in [3.8, 4) is 0 Å².